The average molecular weight is 462 g/mol. The van der Waals surface area contributed by atoms with Gasteiger partial charge in [-0.15, -0.1) is 0 Å². The molecular weight excluding hydrogens is 450 g/mol. The predicted octanol–water partition coefficient (Wildman–Crippen LogP) is 5.23. The van der Waals surface area contributed by atoms with Gasteiger partial charge < -0.3 is 4.74 Å². The number of methoxy groups -OCH3 is 1. The normalized spacial score (nSPS) is 11.4. The number of benzene rings is 2. The van der Waals surface area contributed by atoms with Gasteiger partial charge in [0.1, 0.15) is 5.75 Å². The van der Waals surface area contributed by atoms with Gasteiger partial charge in [-0.05, 0) is 86.7 Å². The van der Waals surface area contributed by atoms with Crippen LogP contribution in [0.2, 0.25) is 0 Å². The average Bonchev–Trinajstić information content (AvgIpc) is 2.41. The number of halogens is 2. The Morgan fingerprint density at radius 1 is 1.00 bits per heavy atom. The fourth-order valence-corrected chi connectivity index (χ4v) is 2.62. The van der Waals surface area contributed by atoms with Gasteiger partial charge in [-0.25, -0.2) is 0 Å². The van der Waals surface area contributed by atoms with E-state index in [0.29, 0.717) is 0 Å². The molecule has 0 fully saturated rings. The van der Waals surface area contributed by atoms with E-state index in [-0.39, 0.29) is 0 Å². The van der Waals surface area contributed by atoms with Crippen LogP contribution in [0.25, 0.3) is 9.66 Å². The number of ether oxygens (including phenoxy) is 1. The lowest BCUT2D eigenvalue weighted by Crippen LogP contribution is -1.83. The van der Waals surface area contributed by atoms with Gasteiger partial charge in [-0.2, -0.15) is 0 Å². The topological polar surface area (TPSA) is 9.23 Å². The molecule has 0 unspecified atom stereocenters. The maximum absolute atomic E-state index is 5.16. The van der Waals surface area contributed by atoms with E-state index in [9.17, 15) is 0 Å². The Morgan fingerprint density at radius 3 is 2.17 bits per heavy atom. The van der Waals surface area contributed by atoms with Crippen LogP contribution in [0.5, 0.6) is 5.75 Å². The summed E-state index contributed by atoms with van der Waals surface area (Å²) < 4.78 is 7.63. The third-order valence-corrected chi connectivity index (χ3v) is 4.18. The summed E-state index contributed by atoms with van der Waals surface area (Å²) in [5.74, 6) is 0.886. The van der Waals surface area contributed by atoms with Gasteiger partial charge >= 0.3 is 0 Å². The number of rotatable bonds is 3. The Balaban J connectivity index is 2.23. The molecule has 2 aromatic carbocycles. The van der Waals surface area contributed by atoms with Gasteiger partial charge in [0, 0.05) is 7.15 Å². The molecular formula is C15H12I2O. The standard InChI is InChI=1S/C15H12I2O/c1-18-14-8-4-12(5-9-14)15(17)10-11-2-6-13(16)7-3-11/h2-10H,1H3/b15-10-. The van der Waals surface area contributed by atoms with Crippen LogP contribution in [-0.4, -0.2) is 7.11 Å². The quantitative estimate of drug-likeness (QED) is 0.449. The summed E-state index contributed by atoms with van der Waals surface area (Å²) in [5, 5.41) is 0. The van der Waals surface area contributed by atoms with Gasteiger partial charge in [0.05, 0.1) is 7.11 Å². The zero-order valence-corrected chi connectivity index (χ0v) is 14.2. The maximum atomic E-state index is 5.16. The second kappa shape index (κ2) is 6.56. The minimum Gasteiger partial charge on any atom is -0.497 e. The van der Waals surface area contributed by atoms with E-state index < -0.39 is 0 Å². The first-order valence-corrected chi connectivity index (χ1v) is 7.62. The third kappa shape index (κ3) is 3.71. The molecule has 92 valence electrons. The summed E-state index contributed by atoms with van der Waals surface area (Å²) in [6.45, 7) is 0. The Labute approximate surface area is 135 Å². The maximum Gasteiger partial charge on any atom is 0.118 e. The van der Waals surface area contributed by atoms with Crippen molar-refractivity contribution in [3.63, 3.8) is 0 Å². The molecule has 0 aromatic heterocycles. The molecule has 0 radical (unpaired) electrons. The Bertz CT molecular complexity index is 542. The molecule has 0 atom stereocenters. The zero-order valence-electron chi connectivity index (χ0n) is 9.86. The largest absolute Gasteiger partial charge is 0.497 e. The van der Waals surface area contributed by atoms with Gasteiger partial charge in [0.15, 0.2) is 0 Å². The van der Waals surface area contributed by atoms with Crippen molar-refractivity contribution in [3.05, 3.63) is 63.2 Å². The van der Waals surface area contributed by atoms with Crippen molar-refractivity contribution in [3.8, 4) is 5.75 Å². The highest BCUT2D eigenvalue weighted by atomic mass is 127. The molecule has 0 N–H and O–H groups in total. The fourth-order valence-electron chi connectivity index (χ4n) is 1.54. The molecule has 2 rings (SSSR count). The molecule has 0 saturated heterocycles. The Hall–Kier alpha value is -0.560. The van der Waals surface area contributed by atoms with Crippen LogP contribution in [0.15, 0.2) is 48.5 Å². The van der Waals surface area contributed by atoms with Crippen LogP contribution in [0, 0.1) is 3.57 Å². The van der Waals surface area contributed by atoms with Crippen LogP contribution in [-0.2, 0) is 0 Å². The van der Waals surface area contributed by atoms with E-state index >= 15 is 0 Å². The lowest BCUT2D eigenvalue weighted by Gasteiger charge is -2.03. The fraction of sp³-hybridized carbons (Fsp3) is 0.0667. The van der Waals surface area contributed by atoms with Crippen molar-refractivity contribution in [2.24, 2.45) is 0 Å². The summed E-state index contributed by atoms with van der Waals surface area (Å²) in [6.07, 6.45) is 2.18. The molecule has 0 aliphatic carbocycles. The zero-order chi connectivity index (χ0) is 13.0. The van der Waals surface area contributed by atoms with E-state index in [1.807, 2.05) is 12.1 Å². The first kappa shape index (κ1) is 13.9. The van der Waals surface area contributed by atoms with Crippen LogP contribution in [0.1, 0.15) is 11.1 Å². The third-order valence-electron chi connectivity index (χ3n) is 2.53. The summed E-state index contributed by atoms with van der Waals surface area (Å²) in [7, 11) is 1.68. The second-order valence-corrected chi connectivity index (χ2v) is 6.18. The van der Waals surface area contributed by atoms with Crippen LogP contribution in [0.3, 0.4) is 0 Å². The van der Waals surface area contributed by atoms with Crippen LogP contribution >= 0.6 is 45.2 Å². The van der Waals surface area contributed by atoms with Crippen molar-refractivity contribution >= 4 is 54.8 Å². The smallest absolute Gasteiger partial charge is 0.118 e. The van der Waals surface area contributed by atoms with E-state index in [1.54, 1.807) is 7.11 Å². The molecule has 0 spiro atoms. The first-order chi connectivity index (χ1) is 8.69. The molecule has 1 nitrogen and oxygen atoms in total. The van der Waals surface area contributed by atoms with Crippen molar-refractivity contribution in [1.82, 2.24) is 0 Å². The van der Waals surface area contributed by atoms with E-state index in [2.05, 4.69) is 87.7 Å². The van der Waals surface area contributed by atoms with Gasteiger partial charge in [0.2, 0.25) is 0 Å². The van der Waals surface area contributed by atoms with Gasteiger partial charge in [-0.3, -0.25) is 0 Å². The molecule has 0 saturated carbocycles. The van der Waals surface area contributed by atoms with E-state index in [1.165, 1.54) is 18.3 Å². The lowest BCUT2D eigenvalue weighted by atomic mass is 10.1. The van der Waals surface area contributed by atoms with Crippen LogP contribution in [0.4, 0.5) is 0 Å². The summed E-state index contributed by atoms with van der Waals surface area (Å²) >= 11 is 4.67. The van der Waals surface area contributed by atoms with Crippen molar-refractivity contribution in [1.29, 1.82) is 0 Å². The Morgan fingerprint density at radius 2 is 1.61 bits per heavy atom. The highest BCUT2D eigenvalue weighted by Crippen LogP contribution is 2.26. The minimum atomic E-state index is 0.886. The highest BCUT2D eigenvalue weighted by Gasteiger charge is 1.99. The molecule has 0 bridgehead atoms. The van der Waals surface area contributed by atoms with Crippen LogP contribution < -0.4 is 4.74 Å². The summed E-state index contributed by atoms with van der Waals surface area (Å²) in [6, 6.07) is 16.6. The van der Waals surface area contributed by atoms with Crippen molar-refractivity contribution < 1.29 is 4.74 Å². The van der Waals surface area contributed by atoms with Crippen molar-refractivity contribution in [2.45, 2.75) is 0 Å². The van der Waals surface area contributed by atoms with Gasteiger partial charge in [-0.1, -0.05) is 24.3 Å². The molecule has 0 amide bonds. The molecule has 2 aromatic rings. The predicted molar refractivity (Wildman–Crippen MR) is 94.0 cm³/mol. The van der Waals surface area contributed by atoms with Gasteiger partial charge in [0.25, 0.3) is 0 Å². The molecule has 0 heterocycles. The Kier molecular flexibility index (Phi) is 5.05. The minimum absolute atomic E-state index is 0.886. The molecule has 18 heavy (non-hydrogen) atoms. The second-order valence-electron chi connectivity index (χ2n) is 3.77. The monoisotopic (exact) mass is 462 g/mol. The SMILES string of the molecule is COc1ccc(/C(I)=C/c2ccc(I)cc2)cc1. The summed E-state index contributed by atoms with van der Waals surface area (Å²) in [4.78, 5) is 0. The molecule has 3 heteroatoms. The van der Waals surface area contributed by atoms with E-state index in [0.717, 1.165) is 5.75 Å². The number of hydrogen-bond acceptors (Lipinski definition) is 1. The highest BCUT2D eigenvalue weighted by molar-refractivity contribution is 14.1. The lowest BCUT2D eigenvalue weighted by molar-refractivity contribution is 0.415. The molecule has 0 aliphatic heterocycles. The summed E-state index contributed by atoms with van der Waals surface area (Å²) in [5.41, 5.74) is 2.42. The van der Waals surface area contributed by atoms with E-state index in [4.69, 9.17) is 4.74 Å². The first-order valence-electron chi connectivity index (χ1n) is 5.46. The van der Waals surface area contributed by atoms with Crippen molar-refractivity contribution in [2.75, 3.05) is 7.11 Å². The number of hydrogen-bond donors (Lipinski definition) is 0. The molecule has 0 aliphatic rings.